The number of para-hydroxylation sites is 2. The Morgan fingerprint density at radius 1 is 1.00 bits per heavy atom. The van der Waals surface area contributed by atoms with Crippen LogP contribution in [0.5, 0.6) is 0 Å². The van der Waals surface area contributed by atoms with Crippen LogP contribution in [0.25, 0.3) is 0 Å². The highest BCUT2D eigenvalue weighted by atomic mass is 32.2. The lowest BCUT2D eigenvalue weighted by Crippen LogP contribution is -2.24. The van der Waals surface area contributed by atoms with Gasteiger partial charge in [-0.05, 0) is 30.7 Å². The van der Waals surface area contributed by atoms with Gasteiger partial charge in [-0.1, -0.05) is 36.9 Å². The van der Waals surface area contributed by atoms with Gasteiger partial charge in [0.05, 0.1) is 17.1 Å². The molecule has 3 rings (SSSR count). The first-order valence-electron chi connectivity index (χ1n) is 7.07. The van der Waals surface area contributed by atoms with Crippen LogP contribution in [0.15, 0.2) is 52.3 Å². The van der Waals surface area contributed by atoms with E-state index in [0.717, 1.165) is 13.0 Å². The van der Waals surface area contributed by atoms with Crippen LogP contribution < -0.4 is 9.80 Å². The maximum Gasteiger partial charge on any atom is 0.0790 e. The lowest BCUT2D eigenvalue weighted by molar-refractivity contribution is 0.863. The van der Waals surface area contributed by atoms with Gasteiger partial charge in [-0.3, -0.25) is 0 Å². The molecule has 104 valence electrons. The smallest absolute Gasteiger partial charge is 0.0790 e. The third-order valence-corrected chi connectivity index (χ3v) is 4.67. The molecular formula is C17H20N2S. The minimum atomic E-state index is 1.05. The topological polar surface area (TPSA) is 6.48 Å². The van der Waals surface area contributed by atoms with Crippen LogP contribution >= 0.6 is 11.8 Å². The molecule has 0 amide bonds. The molecule has 0 radical (unpaired) electrons. The molecule has 0 fully saturated rings. The van der Waals surface area contributed by atoms with Crippen molar-refractivity contribution < 1.29 is 0 Å². The van der Waals surface area contributed by atoms with Crippen molar-refractivity contribution in [1.82, 2.24) is 0 Å². The largest absolute Gasteiger partial charge is 0.376 e. The first kappa shape index (κ1) is 13.4. The molecule has 0 spiro atoms. The maximum absolute atomic E-state index is 2.47. The van der Waals surface area contributed by atoms with E-state index in [4.69, 9.17) is 0 Å². The van der Waals surface area contributed by atoms with E-state index in [-0.39, 0.29) is 0 Å². The average molecular weight is 284 g/mol. The van der Waals surface area contributed by atoms with Gasteiger partial charge in [-0.2, -0.15) is 0 Å². The van der Waals surface area contributed by atoms with E-state index in [1.807, 2.05) is 11.8 Å². The first-order valence-corrected chi connectivity index (χ1v) is 7.88. The summed E-state index contributed by atoms with van der Waals surface area (Å²) in [6, 6.07) is 15.3. The molecule has 2 nitrogen and oxygen atoms in total. The van der Waals surface area contributed by atoms with Gasteiger partial charge in [0.1, 0.15) is 0 Å². The predicted molar refractivity (Wildman–Crippen MR) is 88.6 cm³/mol. The summed E-state index contributed by atoms with van der Waals surface area (Å²) in [5, 5.41) is 0. The molecule has 1 aliphatic heterocycles. The second-order valence-corrected chi connectivity index (χ2v) is 6.32. The molecule has 0 unspecified atom stereocenters. The van der Waals surface area contributed by atoms with Crippen LogP contribution in [0.1, 0.15) is 13.3 Å². The van der Waals surface area contributed by atoms with Crippen molar-refractivity contribution in [3.05, 3.63) is 42.5 Å². The molecule has 0 atom stereocenters. The van der Waals surface area contributed by atoms with Gasteiger partial charge in [0.2, 0.25) is 0 Å². The van der Waals surface area contributed by atoms with Gasteiger partial charge in [0, 0.05) is 30.4 Å². The Kier molecular flexibility index (Phi) is 3.62. The normalized spacial score (nSPS) is 12.8. The van der Waals surface area contributed by atoms with Crippen LogP contribution in [0.4, 0.5) is 17.1 Å². The second kappa shape index (κ2) is 5.41. The number of benzene rings is 2. The number of nitrogens with zero attached hydrogens (tertiary/aromatic N) is 2. The summed E-state index contributed by atoms with van der Waals surface area (Å²) < 4.78 is 0. The van der Waals surface area contributed by atoms with E-state index in [0.29, 0.717) is 0 Å². The van der Waals surface area contributed by atoms with Gasteiger partial charge >= 0.3 is 0 Å². The highest BCUT2D eigenvalue weighted by Gasteiger charge is 2.25. The highest BCUT2D eigenvalue weighted by molar-refractivity contribution is 7.99. The Bertz CT molecular complexity index is 622. The molecule has 2 aromatic rings. The van der Waals surface area contributed by atoms with E-state index in [1.54, 1.807) is 0 Å². The molecule has 0 aliphatic carbocycles. The zero-order valence-electron chi connectivity index (χ0n) is 12.3. The quantitative estimate of drug-likeness (QED) is 0.802. The number of fused-ring (bicyclic) bond motifs is 2. The fourth-order valence-electron chi connectivity index (χ4n) is 2.69. The molecule has 0 saturated heterocycles. The number of hydrogen-bond donors (Lipinski definition) is 0. The molecule has 0 aromatic heterocycles. The fourth-order valence-corrected chi connectivity index (χ4v) is 3.81. The van der Waals surface area contributed by atoms with Crippen molar-refractivity contribution in [2.24, 2.45) is 0 Å². The maximum atomic E-state index is 2.47. The van der Waals surface area contributed by atoms with Crippen LogP contribution in [0.2, 0.25) is 0 Å². The van der Waals surface area contributed by atoms with Gasteiger partial charge in [-0.15, -0.1) is 0 Å². The van der Waals surface area contributed by atoms with Crippen molar-refractivity contribution in [2.75, 3.05) is 30.4 Å². The Morgan fingerprint density at radius 3 is 2.50 bits per heavy atom. The number of rotatable bonds is 3. The minimum absolute atomic E-state index is 1.05. The molecule has 3 heteroatoms. The Balaban J connectivity index is 2.19. The lowest BCUT2D eigenvalue weighted by Gasteiger charge is -2.35. The van der Waals surface area contributed by atoms with Crippen molar-refractivity contribution in [1.29, 1.82) is 0 Å². The Morgan fingerprint density at radius 2 is 1.75 bits per heavy atom. The van der Waals surface area contributed by atoms with Crippen molar-refractivity contribution in [3.63, 3.8) is 0 Å². The highest BCUT2D eigenvalue weighted by Crippen LogP contribution is 2.51. The molecule has 0 saturated carbocycles. The lowest BCUT2D eigenvalue weighted by atomic mass is 10.1. The zero-order valence-corrected chi connectivity index (χ0v) is 13.1. The van der Waals surface area contributed by atoms with Gasteiger partial charge in [0.15, 0.2) is 0 Å². The van der Waals surface area contributed by atoms with Crippen LogP contribution in [-0.4, -0.2) is 20.6 Å². The summed E-state index contributed by atoms with van der Waals surface area (Å²) in [6.45, 7) is 3.29. The summed E-state index contributed by atoms with van der Waals surface area (Å²) >= 11 is 1.88. The van der Waals surface area contributed by atoms with Crippen molar-refractivity contribution in [2.45, 2.75) is 23.1 Å². The van der Waals surface area contributed by atoms with Gasteiger partial charge in [-0.25, -0.2) is 0 Å². The fraction of sp³-hybridized carbons (Fsp3) is 0.294. The molecule has 1 heterocycles. The molecule has 2 aromatic carbocycles. The van der Waals surface area contributed by atoms with Crippen LogP contribution in [0.3, 0.4) is 0 Å². The van der Waals surface area contributed by atoms with E-state index in [2.05, 4.69) is 73.3 Å². The molecule has 20 heavy (non-hydrogen) atoms. The molecule has 0 N–H and O–H groups in total. The van der Waals surface area contributed by atoms with E-state index >= 15 is 0 Å². The molecular weight excluding hydrogens is 264 g/mol. The van der Waals surface area contributed by atoms with E-state index < -0.39 is 0 Å². The summed E-state index contributed by atoms with van der Waals surface area (Å²) in [5.41, 5.74) is 3.97. The van der Waals surface area contributed by atoms with Crippen LogP contribution in [0, 0.1) is 0 Å². The Labute approximate surface area is 125 Å². The second-order valence-electron chi connectivity index (χ2n) is 5.24. The summed E-state index contributed by atoms with van der Waals surface area (Å²) in [5.74, 6) is 0. The third-order valence-electron chi connectivity index (χ3n) is 3.55. The third kappa shape index (κ3) is 2.16. The average Bonchev–Trinajstić information content (AvgIpc) is 2.46. The number of anilines is 3. The standard InChI is InChI=1S/C17H20N2S/c1-4-12-19-13-8-5-6-10-15(13)20-16-11-7-9-14(17(16)19)18(2)3/h5-11H,4,12H2,1-3H3. The minimum Gasteiger partial charge on any atom is -0.376 e. The van der Waals surface area contributed by atoms with Crippen molar-refractivity contribution in [3.8, 4) is 0 Å². The SMILES string of the molecule is CCCN1c2ccccc2Sc2cccc(N(C)C)c21. The van der Waals surface area contributed by atoms with Gasteiger partial charge < -0.3 is 9.80 Å². The Hall–Kier alpha value is -1.61. The molecule has 0 bridgehead atoms. The molecule has 1 aliphatic rings. The summed E-state index contributed by atoms with van der Waals surface area (Å²) in [7, 11) is 4.23. The van der Waals surface area contributed by atoms with Gasteiger partial charge in [0.25, 0.3) is 0 Å². The van der Waals surface area contributed by atoms with E-state index in [1.165, 1.54) is 26.9 Å². The number of hydrogen-bond acceptors (Lipinski definition) is 3. The van der Waals surface area contributed by atoms with Crippen LogP contribution in [-0.2, 0) is 0 Å². The summed E-state index contributed by atoms with van der Waals surface area (Å²) in [6.07, 6.45) is 1.14. The monoisotopic (exact) mass is 284 g/mol. The predicted octanol–water partition coefficient (Wildman–Crippen LogP) is 4.77. The first-order chi connectivity index (χ1) is 9.72. The van der Waals surface area contributed by atoms with E-state index in [9.17, 15) is 0 Å². The summed E-state index contributed by atoms with van der Waals surface area (Å²) in [4.78, 5) is 7.37. The van der Waals surface area contributed by atoms with Crippen molar-refractivity contribution >= 4 is 28.8 Å². The zero-order chi connectivity index (χ0) is 14.1.